The number of aliphatic carboxylic acids is 1. The number of rotatable bonds is 5. The summed E-state index contributed by atoms with van der Waals surface area (Å²) in [6.07, 6.45) is 0.908. The number of carboxylic acids is 1. The highest BCUT2D eigenvalue weighted by Gasteiger charge is 2.32. The molecule has 0 aliphatic carbocycles. The zero-order chi connectivity index (χ0) is 15.3. The monoisotopic (exact) mass is 277 g/mol. The molecule has 0 radical (unpaired) electrons. The van der Waals surface area contributed by atoms with Gasteiger partial charge >= 0.3 is 5.97 Å². The number of aryl methyl sites for hydroxylation is 2. The number of hydrogen-bond acceptors (Lipinski definition) is 2. The van der Waals surface area contributed by atoms with Gasteiger partial charge in [0.25, 0.3) is 0 Å². The Morgan fingerprint density at radius 3 is 2.20 bits per heavy atom. The summed E-state index contributed by atoms with van der Waals surface area (Å²) in [5.41, 5.74) is 1.75. The van der Waals surface area contributed by atoms with Gasteiger partial charge in [-0.2, -0.15) is 0 Å². The fourth-order valence-corrected chi connectivity index (χ4v) is 1.89. The van der Waals surface area contributed by atoms with E-state index in [-0.39, 0.29) is 5.91 Å². The van der Waals surface area contributed by atoms with Crippen LogP contribution < -0.4 is 5.32 Å². The highest BCUT2D eigenvalue weighted by Crippen LogP contribution is 2.19. The average molecular weight is 277 g/mol. The predicted octanol–water partition coefficient (Wildman–Crippen LogP) is 2.54. The minimum absolute atomic E-state index is 0.229. The van der Waals surface area contributed by atoms with Crippen LogP contribution in [0.15, 0.2) is 24.3 Å². The van der Waals surface area contributed by atoms with Crippen molar-refractivity contribution in [2.75, 3.05) is 0 Å². The summed E-state index contributed by atoms with van der Waals surface area (Å²) in [4.78, 5) is 23.0. The van der Waals surface area contributed by atoms with Crippen molar-refractivity contribution in [2.24, 2.45) is 5.41 Å². The molecule has 0 saturated carbocycles. The van der Waals surface area contributed by atoms with Crippen LogP contribution in [-0.2, 0) is 16.0 Å². The van der Waals surface area contributed by atoms with E-state index in [1.807, 2.05) is 31.2 Å². The molecule has 0 bridgehead atoms. The fraction of sp³-hybridized carbons (Fsp3) is 0.500. The zero-order valence-electron chi connectivity index (χ0n) is 12.6. The Balaban J connectivity index is 2.54. The van der Waals surface area contributed by atoms with Crippen LogP contribution in [0.4, 0.5) is 0 Å². The third-order valence-corrected chi connectivity index (χ3v) is 3.18. The van der Waals surface area contributed by atoms with Crippen molar-refractivity contribution in [1.82, 2.24) is 5.32 Å². The van der Waals surface area contributed by atoms with E-state index in [0.717, 1.165) is 5.56 Å². The number of amides is 1. The molecule has 4 nitrogen and oxygen atoms in total. The van der Waals surface area contributed by atoms with Gasteiger partial charge in [0.2, 0.25) is 5.91 Å². The first-order chi connectivity index (χ1) is 9.20. The summed E-state index contributed by atoms with van der Waals surface area (Å²) in [5.74, 6) is -1.23. The lowest BCUT2D eigenvalue weighted by Gasteiger charge is -2.27. The number of hydrogen-bond donors (Lipinski definition) is 2. The number of carbonyl (C=O) groups is 2. The first-order valence-corrected chi connectivity index (χ1v) is 6.78. The SMILES string of the molecule is Cc1ccc(CCC(=O)NC(C(=O)O)C(C)(C)C)cc1. The van der Waals surface area contributed by atoms with Crippen LogP contribution in [0.25, 0.3) is 0 Å². The number of nitrogens with one attached hydrogen (secondary N) is 1. The van der Waals surface area contributed by atoms with Gasteiger partial charge in [0.15, 0.2) is 0 Å². The van der Waals surface area contributed by atoms with E-state index in [4.69, 9.17) is 5.11 Å². The van der Waals surface area contributed by atoms with Crippen molar-refractivity contribution < 1.29 is 14.7 Å². The van der Waals surface area contributed by atoms with Crippen molar-refractivity contribution in [3.8, 4) is 0 Å². The topological polar surface area (TPSA) is 66.4 Å². The van der Waals surface area contributed by atoms with E-state index < -0.39 is 17.4 Å². The second-order valence-corrected chi connectivity index (χ2v) is 6.19. The van der Waals surface area contributed by atoms with E-state index in [1.54, 1.807) is 20.8 Å². The summed E-state index contributed by atoms with van der Waals surface area (Å²) < 4.78 is 0. The van der Waals surface area contributed by atoms with Crippen LogP contribution in [0, 0.1) is 12.3 Å². The van der Waals surface area contributed by atoms with Crippen molar-refractivity contribution >= 4 is 11.9 Å². The summed E-state index contributed by atoms with van der Waals surface area (Å²) in [7, 11) is 0. The Morgan fingerprint density at radius 2 is 1.75 bits per heavy atom. The molecule has 0 aliphatic rings. The van der Waals surface area contributed by atoms with Gasteiger partial charge in [0.1, 0.15) is 6.04 Å². The summed E-state index contributed by atoms with van der Waals surface area (Å²) in [6.45, 7) is 7.40. The van der Waals surface area contributed by atoms with Crippen molar-refractivity contribution in [2.45, 2.75) is 46.6 Å². The van der Waals surface area contributed by atoms with Crippen molar-refractivity contribution in [3.05, 3.63) is 35.4 Å². The normalized spacial score (nSPS) is 12.8. The molecule has 20 heavy (non-hydrogen) atoms. The average Bonchev–Trinajstić information content (AvgIpc) is 2.33. The molecule has 0 saturated heterocycles. The van der Waals surface area contributed by atoms with Gasteiger partial charge in [-0.3, -0.25) is 4.79 Å². The Labute approximate surface area is 120 Å². The first-order valence-electron chi connectivity index (χ1n) is 6.78. The Hall–Kier alpha value is -1.84. The highest BCUT2D eigenvalue weighted by molar-refractivity contribution is 5.84. The van der Waals surface area contributed by atoms with E-state index in [1.165, 1.54) is 5.56 Å². The van der Waals surface area contributed by atoms with Gasteiger partial charge in [0, 0.05) is 6.42 Å². The maximum atomic E-state index is 11.9. The van der Waals surface area contributed by atoms with Gasteiger partial charge in [-0.05, 0) is 24.3 Å². The molecule has 1 atom stereocenters. The molecule has 0 heterocycles. The highest BCUT2D eigenvalue weighted by atomic mass is 16.4. The molecule has 1 aromatic carbocycles. The van der Waals surface area contributed by atoms with Crippen LogP contribution in [0.2, 0.25) is 0 Å². The smallest absolute Gasteiger partial charge is 0.326 e. The summed E-state index contributed by atoms with van der Waals surface area (Å²) in [6, 6.07) is 7.11. The molecular weight excluding hydrogens is 254 g/mol. The number of carboxylic acid groups (broad SMARTS) is 1. The molecular formula is C16H23NO3. The van der Waals surface area contributed by atoms with E-state index >= 15 is 0 Å². The maximum absolute atomic E-state index is 11.9. The molecule has 0 aliphatic heterocycles. The molecule has 110 valence electrons. The van der Waals surface area contributed by atoms with Gasteiger partial charge in [0.05, 0.1) is 0 Å². The molecule has 0 spiro atoms. The summed E-state index contributed by atoms with van der Waals surface area (Å²) >= 11 is 0. The molecule has 1 rings (SSSR count). The van der Waals surface area contributed by atoms with Crippen molar-refractivity contribution in [3.63, 3.8) is 0 Å². The van der Waals surface area contributed by atoms with Crippen LogP contribution in [0.3, 0.4) is 0 Å². The van der Waals surface area contributed by atoms with Crippen LogP contribution in [0.1, 0.15) is 38.3 Å². The van der Waals surface area contributed by atoms with Gasteiger partial charge in [-0.1, -0.05) is 50.6 Å². The lowest BCUT2D eigenvalue weighted by atomic mass is 9.86. The van der Waals surface area contributed by atoms with Gasteiger partial charge in [-0.25, -0.2) is 4.79 Å². The molecule has 4 heteroatoms. The number of benzene rings is 1. The minimum Gasteiger partial charge on any atom is -0.480 e. The Kier molecular flexibility index (Phi) is 5.31. The second kappa shape index (κ2) is 6.55. The van der Waals surface area contributed by atoms with Crippen LogP contribution in [0.5, 0.6) is 0 Å². The van der Waals surface area contributed by atoms with Crippen LogP contribution in [-0.4, -0.2) is 23.0 Å². The predicted molar refractivity (Wildman–Crippen MR) is 78.5 cm³/mol. The standard InChI is InChI=1S/C16H23NO3/c1-11-5-7-12(8-6-11)9-10-13(18)17-14(15(19)20)16(2,3)4/h5-8,14H,9-10H2,1-4H3,(H,17,18)(H,19,20). The Bertz CT molecular complexity index is 471. The largest absolute Gasteiger partial charge is 0.480 e. The molecule has 0 fully saturated rings. The molecule has 2 N–H and O–H groups in total. The lowest BCUT2D eigenvalue weighted by molar-refractivity contribution is -0.144. The molecule has 0 aromatic heterocycles. The fourth-order valence-electron chi connectivity index (χ4n) is 1.89. The molecule has 1 unspecified atom stereocenters. The minimum atomic E-state index is -0.999. The molecule has 1 amide bonds. The van der Waals surface area contributed by atoms with Crippen molar-refractivity contribution in [1.29, 1.82) is 0 Å². The zero-order valence-corrected chi connectivity index (χ0v) is 12.6. The molecule has 1 aromatic rings. The quantitative estimate of drug-likeness (QED) is 0.869. The van der Waals surface area contributed by atoms with Gasteiger partial charge in [-0.15, -0.1) is 0 Å². The van der Waals surface area contributed by atoms with E-state index in [9.17, 15) is 9.59 Å². The number of carbonyl (C=O) groups excluding carboxylic acids is 1. The lowest BCUT2D eigenvalue weighted by Crippen LogP contribution is -2.49. The van der Waals surface area contributed by atoms with Crippen LogP contribution >= 0.6 is 0 Å². The van der Waals surface area contributed by atoms with E-state index in [0.29, 0.717) is 12.8 Å². The maximum Gasteiger partial charge on any atom is 0.326 e. The summed E-state index contributed by atoms with van der Waals surface area (Å²) in [5, 5.41) is 11.8. The van der Waals surface area contributed by atoms with Gasteiger partial charge < -0.3 is 10.4 Å². The third-order valence-electron chi connectivity index (χ3n) is 3.18. The second-order valence-electron chi connectivity index (χ2n) is 6.19. The van der Waals surface area contributed by atoms with E-state index in [2.05, 4.69) is 5.32 Å². The first kappa shape index (κ1) is 16.2. The third kappa shape index (κ3) is 5.03. The Morgan fingerprint density at radius 1 is 1.20 bits per heavy atom.